The number of carbonyl (C=O) groups is 1. The number of aromatic nitrogens is 1. The Labute approximate surface area is 143 Å². The molecule has 0 saturated heterocycles. The number of carbonyl (C=O) groups excluding carboxylic acids is 1. The molecule has 4 nitrogen and oxygen atoms in total. The molecule has 0 aliphatic rings. The van der Waals surface area contributed by atoms with Crippen LogP contribution >= 0.6 is 34.5 Å². The summed E-state index contributed by atoms with van der Waals surface area (Å²) in [5.41, 5.74) is 0.949. The summed E-state index contributed by atoms with van der Waals surface area (Å²) in [6.45, 7) is 0.823. The summed E-state index contributed by atoms with van der Waals surface area (Å²) in [6.07, 6.45) is 3.69. The topological polar surface area (TPSA) is 54.0 Å². The average molecular weight is 358 g/mol. The van der Waals surface area contributed by atoms with Gasteiger partial charge in [-0.1, -0.05) is 35.3 Å². The highest BCUT2D eigenvalue weighted by atomic mass is 35.5. The lowest BCUT2D eigenvalue weighted by Crippen LogP contribution is -2.14. The monoisotopic (exact) mass is 357 g/mol. The van der Waals surface area contributed by atoms with Crippen molar-refractivity contribution >= 4 is 45.6 Å². The predicted octanol–water partition coefficient (Wildman–Crippen LogP) is 3.98. The maximum absolute atomic E-state index is 11.7. The van der Waals surface area contributed by atoms with Gasteiger partial charge in [0.15, 0.2) is 5.13 Å². The van der Waals surface area contributed by atoms with Crippen molar-refractivity contribution in [1.82, 2.24) is 10.3 Å². The third-order valence-corrected chi connectivity index (χ3v) is 4.80. The number of amides is 1. The molecule has 0 fully saturated rings. The summed E-state index contributed by atoms with van der Waals surface area (Å²) in [5.74, 6) is -0.0167. The van der Waals surface area contributed by atoms with E-state index in [1.54, 1.807) is 12.3 Å². The second-order valence-corrected chi connectivity index (χ2v) is 6.68. The first-order valence-electron chi connectivity index (χ1n) is 6.92. The van der Waals surface area contributed by atoms with E-state index in [2.05, 4.69) is 15.6 Å². The van der Waals surface area contributed by atoms with E-state index in [9.17, 15) is 4.79 Å². The first kappa shape index (κ1) is 17.2. The Bertz CT molecular complexity index is 645. The summed E-state index contributed by atoms with van der Waals surface area (Å²) in [6, 6.07) is 5.57. The van der Waals surface area contributed by atoms with Crippen molar-refractivity contribution in [1.29, 1.82) is 0 Å². The van der Waals surface area contributed by atoms with E-state index in [0.717, 1.165) is 23.4 Å². The molecule has 22 heavy (non-hydrogen) atoms. The van der Waals surface area contributed by atoms with Crippen molar-refractivity contribution in [3.63, 3.8) is 0 Å². The van der Waals surface area contributed by atoms with E-state index < -0.39 is 0 Å². The maximum Gasteiger partial charge on any atom is 0.226 e. The number of nitrogens with one attached hydrogen (secondary N) is 2. The Morgan fingerprint density at radius 3 is 2.95 bits per heavy atom. The molecule has 1 aromatic carbocycles. The molecule has 0 saturated carbocycles. The summed E-state index contributed by atoms with van der Waals surface area (Å²) >= 11 is 13.6. The molecular weight excluding hydrogens is 341 g/mol. The Hall–Kier alpha value is -1.14. The van der Waals surface area contributed by atoms with Gasteiger partial charge in [-0.05, 0) is 31.6 Å². The molecule has 2 N–H and O–H groups in total. The van der Waals surface area contributed by atoms with Crippen LogP contribution in [0.3, 0.4) is 0 Å². The fourth-order valence-corrected chi connectivity index (χ4v) is 3.17. The van der Waals surface area contributed by atoms with Gasteiger partial charge in [0, 0.05) is 23.9 Å². The zero-order chi connectivity index (χ0) is 15.9. The molecule has 0 radical (unpaired) electrons. The highest BCUT2D eigenvalue weighted by Crippen LogP contribution is 2.29. The highest BCUT2D eigenvalue weighted by molar-refractivity contribution is 7.15. The molecule has 0 bridgehead atoms. The van der Waals surface area contributed by atoms with Crippen LogP contribution < -0.4 is 10.6 Å². The number of thiazole rings is 1. The van der Waals surface area contributed by atoms with Gasteiger partial charge in [-0.15, -0.1) is 11.3 Å². The van der Waals surface area contributed by atoms with Crippen LogP contribution in [0.25, 0.3) is 0 Å². The number of nitrogens with zero attached hydrogens (tertiary/aromatic N) is 1. The predicted molar refractivity (Wildman–Crippen MR) is 93.2 cm³/mol. The molecule has 1 aromatic heterocycles. The van der Waals surface area contributed by atoms with Crippen LogP contribution in [-0.4, -0.2) is 24.5 Å². The van der Waals surface area contributed by atoms with E-state index in [-0.39, 0.29) is 5.91 Å². The minimum Gasteiger partial charge on any atom is -0.320 e. The molecule has 1 heterocycles. The van der Waals surface area contributed by atoms with Crippen LogP contribution in [0.1, 0.15) is 23.3 Å². The maximum atomic E-state index is 11.7. The Balaban J connectivity index is 1.94. The molecule has 0 atom stereocenters. The van der Waals surface area contributed by atoms with Crippen molar-refractivity contribution in [2.45, 2.75) is 19.3 Å². The summed E-state index contributed by atoms with van der Waals surface area (Å²) < 4.78 is 0. The van der Waals surface area contributed by atoms with E-state index >= 15 is 0 Å². The molecular formula is C15H17Cl2N3OS. The minimum absolute atomic E-state index is 0.0167. The molecule has 1 amide bonds. The van der Waals surface area contributed by atoms with Crippen molar-refractivity contribution in [3.05, 3.63) is 44.9 Å². The van der Waals surface area contributed by atoms with Gasteiger partial charge in [0.25, 0.3) is 0 Å². The number of hydrogen-bond donors (Lipinski definition) is 2. The second-order valence-electron chi connectivity index (χ2n) is 4.78. The summed E-state index contributed by atoms with van der Waals surface area (Å²) in [4.78, 5) is 17.0. The van der Waals surface area contributed by atoms with E-state index in [1.165, 1.54) is 11.3 Å². The van der Waals surface area contributed by atoms with Gasteiger partial charge in [-0.25, -0.2) is 4.98 Å². The SMILES string of the molecule is CNCCCC(=O)Nc1ncc(Cc2cccc(Cl)c2Cl)s1. The van der Waals surface area contributed by atoms with Gasteiger partial charge in [-0.2, -0.15) is 0 Å². The Morgan fingerprint density at radius 2 is 2.18 bits per heavy atom. The van der Waals surface area contributed by atoms with Crippen molar-refractivity contribution in [2.75, 3.05) is 18.9 Å². The third-order valence-electron chi connectivity index (χ3n) is 3.03. The van der Waals surface area contributed by atoms with E-state index in [4.69, 9.17) is 23.2 Å². The van der Waals surface area contributed by atoms with Gasteiger partial charge in [0.1, 0.15) is 0 Å². The summed E-state index contributed by atoms with van der Waals surface area (Å²) in [7, 11) is 1.87. The largest absolute Gasteiger partial charge is 0.320 e. The third kappa shape index (κ3) is 4.95. The Morgan fingerprint density at radius 1 is 1.36 bits per heavy atom. The lowest BCUT2D eigenvalue weighted by Gasteiger charge is -2.03. The van der Waals surface area contributed by atoms with Crippen molar-refractivity contribution < 1.29 is 4.79 Å². The second kappa shape index (κ2) is 8.48. The molecule has 0 unspecified atom stereocenters. The molecule has 7 heteroatoms. The number of rotatable bonds is 7. The lowest BCUT2D eigenvalue weighted by molar-refractivity contribution is -0.116. The van der Waals surface area contributed by atoms with Gasteiger partial charge < -0.3 is 10.6 Å². The van der Waals surface area contributed by atoms with Gasteiger partial charge >= 0.3 is 0 Å². The fourth-order valence-electron chi connectivity index (χ4n) is 1.93. The fraction of sp³-hybridized carbons (Fsp3) is 0.333. The standard InChI is InChI=1S/C15H17Cl2N3OS/c1-18-7-3-6-13(21)20-15-19-9-11(22-15)8-10-4-2-5-12(16)14(10)17/h2,4-5,9,18H,3,6-8H2,1H3,(H,19,20,21). The van der Waals surface area contributed by atoms with Gasteiger partial charge in [0.05, 0.1) is 10.0 Å². The zero-order valence-electron chi connectivity index (χ0n) is 12.2. The van der Waals surface area contributed by atoms with E-state index in [1.807, 2.05) is 19.2 Å². The average Bonchev–Trinajstić information content (AvgIpc) is 2.91. The van der Waals surface area contributed by atoms with Crippen LogP contribution in [0.5, 0.6) is 0 Å². The minimum atomic E-state index is -0.0167. The molecule has 118 valence electrons. The van der Waals surface area contributed by atoms with Gasteiger partial charge in [0.2, 0.25) is 5.91 Å². The lowest BCUT2D eigenvalue weighted by atomic mass is 10.1. The zero-order valence-corrected chi connectivity index (χ0v) is 14.5. The van der Waals surface area contributed by atoms with Crippen molar-refractivity contribution in [3.8, 4) is 0 Å². The summed E-state index contributed by atoms with van der Waals surface area (Å²) in [5, 5.41) is 7.55. The first-order valence-corrected chi connectivity index (χ1v) is 8.49. The number of halogens is 2. The first-order chi connectivity index (χ1) is 10.6. The number of benzene rings is 1. The van der Waals surface area contributed by atoms with Crippen LogP contribution in [0.2, 0.25) is 10.0 Å². The Kier molecular flexibility index (Phi) is 6.64. The van der Waals surface area contributed by atoms with Crippen LogP contribution in [0.4, 0.5) is 5.13 Å². The highest BCUT2D eigenvalue weighted by Gasteiger charge is 2.10. The number of anilines is 1. The molecule has 0 spiro atoms. The normalized spacial score (nSPS) is 10.7. The van der Waals surface area contributed by atoms with E-state index in [0.29, 0.717) is 28.0 Å². The molecule has 0 aliphatic heterocycles. The molecule has 2 rings (SSSR count). The quantitative estimate of drug-likeness (QED) is 0.736. The van der Waals surface area contributed by atoms with Crippen molar-refractivity contribution in [2.24, 2.45) is 0 Å². The van der Waals surface area contributed by atoms with Crippen LogP contribution in [0.15, 0.2) is 24.4 Å². The molecule has 2 aromatic rings. The smallest absolute Gasteiger partial charge is 0.226 e. The number of hydrogen-bond acceptors (Lipinski definition) is 4. The van der Waals surface area contributed by atoms with Gasteiger partial charge in [-0.3, -0.25) is 4.79 Å². The van der Waals surface area contributed by atoms with Crippen LogP contribution in [-0.2, 0) is 11.2 Å². The van der Waals surface area contributed by atoms with Crippen LogP contribution in [0, 0.1) is 0 Å². The molecule has 0 aliphatic carbocycles.